The molecule has 0 aliphatic rings. The number of hydrogen-bond donors (Lipinski definition) is 1. The Hall–Kier alpha value is -0.710. The summed E-state index contributed by atoms with van der Waals surface area (Å²) < 4.78 is 37.2. The SMILES string of the molecule is Cc1cc(N)c(C(F)(F)F)cc1Br. The number of benzene rings is 1. The van der Waals surface area contributed by atoms with Crippen molar-refractivity contribution in [3.63, 3.8) is 0 Å². The van der Waals surface area contributed by atoms with Gasteiger partial charge >= 0.3 is 6.18 Å². The minimum Gasteiger partial charge on any atom is -0.398 e. The summed E-state index contributed by atoms with van der Waals surface area (Å²) in [6.07, 6.45) is -4.39. The van der Waals surface area contributed by atoms with Crippen molar-refractivity contribution in [3.8, 4) is 0 Å². The molecule has 1 aromatic carbocycles. The topological polar surface area (TPSA) is 26.0 Å². The Balaban J connectivity index is 3.32. The van der Waals surface area contributed by atoms with Crippen molar-refractivity contribution in [1.29, 1.82) is 0 Å². The van der Waals surface area contributed by atoms with E-state index < -0.39 is 11.7 Å². The molecule has 1 nitrogen and oxygen atoms in total. The monoisotopic (exact) mass is 253 g/mol. The predicted molar refractivity (Wildman–Crippen MR) is 48.3 cm³/mol. The van der Waals surface area contributed by atoms with E-state index in [0.717, 1.165) is 6.07 Å². The van der Waals surface area contributed by atoms with Crippen LogP contribution in [-0.4, -0.2) is 0 Å². The fourth-order valence-electron chi connectivity index (χ4n) is 0.949. The summed E-state index contributed by atoms with van der Waals surface area (Å²) in [6.45, 7) is 1.68. The molecule has 0 heterocycles. The fraction of sp³-hybridized carbons (Fsp3) is 0.250. The van der Waals surface area contributed by atoms with Crippen molar-refractivity contribution in [1.82, 2.24) is 0 Å². The number of alkyl halides is 3. The number of anilines is 1. The van der Waals surface area contributed by atoms with E-state index in [9.17, 15) is 13.2 Å². The molecule has 0 spiro atoms. The molecule has 72 valence electrons. The molecular weight excluding hydrogens is 247 g/mol. The summed E-state index contributed by atoms with van der Waals surface area (Å²) in [5.74, 6) is 0. The van der Waals surface area contributed by atoms with E-state index >= 15 is 0 Å². The Kier molecular flexibility index (Phi) is 2.56. The van der Waals surface area contributed by atoms with Crippen LogP contribution in [0.25, 0.3) is 0 Å². The van der Waals surface area contributed by atoms with Crippen molar-refractivity contribution in [2.45, 2.75) is 13.1 Å². The van der Waals surface area contributed by atoms with Crippen LogP contribution in [0.3, 0.4) is 0 Å². The zero-order chi connectivity index (χ0) is 10.2. The van der Waals surface area contributed by atoms with Gasteiger partial charge in [-0.3, -0.25) is 0 Å². The summed E-state index contributed by atoms with van der Waals surface area (Å²) >= 11 is 3.02. The van der Waals surface area contributed by atoms with Gasteiger partial charge in [-0.15, -0.1) is 0 Å². The van der Waals surface area contributed by atoms with Gasteiger partial charge in [0.05, 0.1) is 5.56 Å². The molecule has 5 heteroatoms. The van der Waals surface area contributed by atoms with Crippen molar-refractivity contribution in [3.05, 3.63) is 27.7 Å². The first kappa shape index (κ1) is 10.4. The van der Waals surface area contributed by atoms with Crippen molar-refractivity contribution < 1.29 is 13.2 Å². The largest absolute Gasteiger partial charge is 0.418 e. The highest BCUT2D eigenvalue weighted by Crippen LogP contribution is 2.36. The number of nitrogen functional groups attached to an aromatic ring is 1. The number of rotatable bonds is 0. The Morgan fingerprint density at radius 2 is 1.85 bits per heavy atom. The van der Waals surface area contributed by atoms with E-state index in [-0.39, 0.29) is 5.69 Å². The molecule has 0 saturated heterocycles. The molecule has 0 aliphatic heterocycles. The molecule has 13 heavy (non-hydrogen) atoms. The van der Waals surface area contributed by atoms with Crippen molar-refractivity contribution in [2.75, 3.05) is 5.73 Å². The smallest absolute Gasteiger partial charge is 0.398 e. The van der Waals surface area contributed by atoms with Gasteiger partial charge in [0, 0.05) is 10.2 Å². The van der Waals surface area contributed by atoms with E-state index in [0.29, 0.717) is 10.0 Å². The molecule has 0 amide bonds. The summed E-state index contributed by atoms with van der Waals surface area (Å²) in [5.41, 5.74) is 4.88. The lowest BCUT2D eigenvalue weighted by Gasteiger charge is -2.11. The van der Waals surface area contributed by atoms with Crippen LogP contribution in [-0.2, 0) is 6.18 Å². The first-order valence-electron chi connectivity index (χ1n) is 3.45. The lowest BCUT2D eigenvalue weighted by atomic mass is 10.1. The predicted octanol–water partition coefficient (Wildman–Crippen LogP) is 3.36. The Bertz CT molecular complexity index is 333. The summed E-state index contributed by atoms with van der Waals surface area (Å²) in [4.78, 5) is 0. The molecule has 0 bridgehead atoms. The molecule has 1 aromatic rings. The first-order chi connectivity index (χ1) is 5.82. The Labute approximate surface area is 81.9 Å². The highest BCUT2D eigenvalue weighted by molar-refractivity contribution is 9.10. The summed E-state index contributed by atoms with van der Waals surface area (Å²) in [7, 11) is 0. The van der Waals surface area contributed by atoms with Gasteiger partial charge in [0.1, 0.15) is 0 Å². The average Bonchev–Trinajstić information content (AvgIpc) is 1.94. The maximum atomic E-state index is 12.3. The van der Waals surface area contributed by atoms with Crippen LogP contribution in [0.1, 0.15) is 11.1 Å². The first-order valence-corrected chi connectivity index (χ1v) is 4.24. The van der Waals surface area contributed by atoms with Gasteiger partial charge in [-0.2, -0.15) is 13.2 Å². The van der Waals surface area contributed by atoms with Gasteiger partial charge in [0.15, 0.2) is 0 Å². The molecule has 0 aromatic heterocycles. The van der Waals surface area contributed by atoms with Gasteiger partial charge in [-0.25, -0.2) is 0 Å². The second-order valence-electron chi connectivity index (χ2n) is 2.69. The van der Waals surface area contributed by atoms with Gasteiger partial charge in [-0.1, -0.05) is 15.9 Å². The molecule has 0 atom stereocenters. The summed E-state index contributed by atoms with van der Waals surface area (Å²) in [5, 5.41) is 0. The third-order valence-corrected chi connectivity index (χ3v) is 2.49. The number of aryl methyl sites for hydroxylation is 1. The highest BCUT2D eigenvalue weighted by atomic mass is 79.9. The summed E-state index contributed by atoms with van der Waals surface area (Å²) in [6, 6.07) is 2.29. The van der Waals surface area contributed by atoms with Crippen LogP contribution in [0.2, 0.25) is 0 Å². The molecule has 1 rings (SSSR count). The molecular formula is C8H7BrF3N. The van der Waals surface area contributed by atoms with Gasteiger partial charge in [0.25, 0.3) is 0 Å². The minimum absolute atomic E-state index is 0.242. The maximum Gasteiger partial charge on any atom is 0.418 e. The molecule has 0 unspecified atom stereocenters. The van der Waals surface area contributed by atoms with Gasteiger partial charge in [0.2, 0.25) is 0 Å². The average molecular weight is 254 g/mol. The van der Waals surface area contributed by atoms with E-state index in [1.165, 1.54) is 6.07 Å². The number of nitrogens with two attached hydrogens (primary N) is 1. The Morgan fingerprint density at radius 3 is 2.31 bits per heavy atom. The third kappa shape index (κ3) is 2.15. The van der Waals surface area contributed by atoms with Crippen LogP contribution < -0.4 is 5.73 Å². The zero-order valence-corrected chi connectivity index (χ0v) is 8.33. The fourth-order valence-corrected chi connectivity index (χ4v) is 1.29. The van der Waals surface area contributed by atoms with Gasteiger partial charge < -0.3 is 5.73 Å². The second kappa shape index (κ2) is 3.21. The van der Waals surface area contributed by atoms with E-state index in [4.69, 9.17) is 5.73 Å². The third-order valence-electron chi connectivity index (χ3n) is 1.64. The number of hydrogen-bond acceptors (Lipinski definition) is 1. The van der Waals surface area contributed by atoms with Crippen LogP contribution in [0.4, 0.5) is 18.9 Å². The van der Waals surface area contributed by atoms with E-state index in [2.05, 4.69) is 15.9 Å². The minimum atomic E-state index is -4.39. The Morgan fingerprint density at radius 1 is 1.31 bits per heavy atom. The lowest BCUT2D eigenvalue weighted by Crippen LogP contribution is -2.09. The van der Waals surface area contributed by atoms with E-state index in [1.54, 1.807) is 6.92 Å². The van der Waals surface area contributed by atoms with Crippen molar-refractivity contribution >= 4 is 21.6 Å². The van der Waals surface area contributed by atoms with Gasteiger partial charge in [-0.05, 0) is 24.6 Å². The number of halogens is 4. The quantitative estimate of drug-likeness (QED) is 0.706. The van der Waals surface area contributed by atoms with Crippen LogP contribution in [0.5, 0.6) is 0 Å². The van der Waals surface area contributed by atoms with Crippen LogP contribution in [0, 0.1) is 6.92 Å². The van der Waals surface area contributed by atoms with Crippen LogP contribution in [0.15, 0.2) is 16.6 Å². The molecule has 0 aliphatic carbocycles. The molecule has 2 N–H and O–H groups in total. The molecule has 0 fully saturated rings. The van der Waals surface area contributed by atoms with Crippen LogP contribution >= 0.6 is 15.9 Å². The zero-order valence-electron chi connectivity index (χ0n) is 6.74. The molecule has 0 saturated carbocycles. The standard InChI is InChI=1S/C8H7BrF3N/c1-4-2-7(13)5(3-6(4)9)8(10,11)12/h2-3H,13H2,1H3. The second-order valence-corrected chi connectivity index (χ2v) is 3.54. The van der Waals surface area contributed by atoms with E-state index in [1.807, 2.05) is 0 Å². The lowest BCUT2D eigenvalue weighted by molar-refractivity contribution is -0.136. The van der Waals surface area contributed by atoms with Crippen molar-refractivity contribution in [2.24, 2.45) is 0 Å². The maximum absolute atomic E-state index is 12.3. The normalized spacial score (nSPS) is 11.8. The highest BCUT2D eigenvalue weighted by Gasteiger charge is 2.33. The molecule has 0 radical (unpaired) electrons.